The van der Waals surface area contributed by atoms with Crippen LogP contribution < -0.4 is 5.32 Å². The SMILES string of the molecule is C=CCCC(NC)c1cc(CN2CCc3ccccc3C2C(=O)OCC)ccc1C#N. The molecule has 1 aliphatic heterocycles. The topological polar surface area (TPSA) is 65.4 Å². The molecule has 2 atom stereocenters. The minimum absolute atomic E-state index is 0.0792. The second-order valence-corrected chi connectivity index (χ2v) is 7.81. The van der Waals surface area contributed by atoms with Crippen LogP contribution in [0.25, 0.3) is 0 Å². The number of hydrogen-bond donors (Lipinski definition) is 1. The molecule has 3 rings (SSSR count). The van der Waals surface area contributed by atoms with Crippen LogP contribution in [0.2, 0.25) is 0 Å². The number of allylic oxidation sites excluding steroid dienone is 1. The van der Waals surface area contributed by atoms with E-state index in [9.17, 15) is 10.1 Å². The van der Waals surface area contributed by atoms with E-state index in [0.717, 1.165) is 42.5 Å². The van der Waals surface area contributed by atoms with Gasteiger partial charge in [0.25, 0.3) is 0 Å². The highest BCUT2D eigenvalue weighted by Crippen LogP contribution is 2.33. The smallest absolute Gasteiger partial charge is 0.328 e. The van der Waals surface area contributed by atoms with Gasteiger partial charge in [-0.2, -0.15) is 5.26 Å². The molecule has 0 saturated heterocycles. The van der Waals surface area contributed by atoms with Gasteiger partial charge in [-0.15, -0.1) is 6.58 Å². The van der Waals surface area contributed by atoms with E-state index in [0.29, 0.717) is 18.7 Å². The predicted octanol–water partition coefficient (Wildman–Crippen LogP) is 4.45. The molecule has 1 heterocycles. The van der Waals surface area contributed by atoms with Crippen LogP contribution in [0.15, 0.2) is 55.1 Å². The summed E-state index contributed by atoms with van der Waals surface area (Å²) in [7, 11) is 1.92. The molecular weight excluding hydrogens is 386 g/mol. The van der Waals surface area contributed by atoms with E-state index in [1.807, 2.05) is 50.4 Å². The second kappa shape index (κ2) is 10.9. The van der Waals surface area contributed by atoms with Gasteiger partial charge < -0.3 is 10.1 Å². The van der Waals surface area contributed by atoms with Gasteiger partial charge in [0.05, 0.1) is 18.2 Å². The Kier molecular flexibility index (Phi) is 8.00. The van der Waals surface area contributed by atoms with E-state index in [4.69, 9.17) is 4.74 Å². The maximum atomic E-state index is 12.9. The summed E-state index contributed by atoms with van der Waals surface area (Å²) < 4.78 is 5.42. The Morgan fingerprint density at radius 2 is 2.19 bits per heavy atom. The molecule has 2 unspecified atom stereocenters. The molecule has 5 heteroatoms. The lowest BCUT2D eigenvalue weighted by Gasteiger charge is -2.36. The van der Waals surface area contributed by atoms with Crippen molar-refractivity contribution in [2.75, 3.05) is 20.2 Å². The third-order valence-electron chi connectivity index (χ3n) is 5.90. The minimum Gasteiger partial charge on any atom is -0.465 e. The molecule has 31 heavy (non-hydrogen) atoms. The summed E-state index contributed by atoms with van der Waals surface area (Å²) in [5.74, 6) is -0.206. The largest absolute Gasteiger partial charge is 0.465 e. The minimum atomic E-state index is -0.412. The lowest BCUT2D eigenvalue weighted by Crippen LogP contribution is -2.40. The van der Waals surface area contributed by atoms with Crippen LogP contribution >= 0.6 is 0 Å². The first-order valence-electron chi connectivity index (χ1n) is 10.9. The zero-order valence-corrected chi connectivity index (χ0v) is 18.4. The zero-order chi connectivity index (χ0) is 22.2. The Balaban J connectivity index is 1.91. The van der Waals surface area contributed by atoms with Crippen molar-refractivity contribution in [3.63, 3.8) is 0 Å². The van der Waals surface area contributed by atoms with Gasteiger partial charge in [-0.05, 0) is 61.6 Å². The number of nitrogens with zero attached hydrogens (tertiary/aromatic N) is 2. The predicted molar refractivity (Wildman–Crippen MR) is 122 cm³/mol. The van der Waals surface area contributed by atoms with Gasteiger partial charge in [0.2, 0.25) is 0 Å². The Hall–Kier alpha value is -2.94. The van der Waals surface area contributed by atoms with Crippen molar-refractivity contribution in [3.8, 4) is 6.07 Å². The van der Waals surface area contributed by atoms with Crippen molar-refractivity contribution in [2.45, 2.75) is 44.8 Å². The zero-order valence-electron chi connectivity index (χ0n) is 18.4. The van der Waals surface area contributed by atoms with Gasteiger partial charge >= 0.3 is 5.97 Å². The standard InChI is InChI=1S/C26H31N3O2/c1-4-6-11-24(28-3)23-16-19(12-13-21(23)17-27)18-29-15-14-20-9-7-8-10-22(20)25(29)26(30)31-5-2/h4,7-10,12-13,16,24-25,28H,1,5-6,11,14-15,18H2,2-3H3. The number of rotatable bonds is 9. The fourth-order valence-electron chi connectivity index (χ4n) is 4.36. The molecule has 0 bridgehead atoms. The van der Waals surface area contributed by atoms with Crippen molar-refractivity contribution in [2.24, 2.45) is 0 Å². The van der Waals surface area contributed by atoms with Crippen LogP contribution in [0.1, 0.15) is 59.7 Å². The molecule has 162 valence electrons. The maximum absolute atomic E-state index is 12.9. The fourth-order valence-corrected chi connectivity index (χ4v) is 4.36. The second-order valence-electron chi connectivity index (χ2n) is 7.81. The highest BCUT2D eigenvalue weighted by atomic mass is 16.5. The van der Waals surface area contributed by atoms with Crippen LogP contribution in [-0.4, -0.2) is 31.1 Å². The van der Waals surface area contributed by atoms with Crippen molar-refractivity contribution in [1.29, 1.82) is 5.26 Å². The molecule has 1 aliphatic rings. The lowest BCUT2D eigenvalue weighted by molar-refractivity contribution is -0.150. The van der Waals surface area contributed by atoms with Crippen LogP contribution in [-0.2, 0) is 22.5 Å². The molecule has 0 amide bonds. The van der Waals surface area contributed by atoms with E-state index >= 15 is 0 Å². The Labute approximate surface area is 185 Å². The van der Waals surface area contributed by atoms with Crippen molar-refractivity contribution >= 4 is 5.97 Å². The number of ether oxygens (including phenoxy) is 1. The molecule has 0 radical (unpaired) electrons. The highest BCUT2D eigenvalue weighted by Gasteiger charge is 2.34. The third kappa shape index (κ3) is 5.22. The van der Waals surface area contributed by atoms with E-state index in [1.54, 1.807) is 0 Å². The number of nitriles is 1. The van der Waals surface area contributed by atoms with Crippen LogP contribution in [0.3, 0.4) is 0 Å². The van der Waals surface area contributed by atoms with E-state index in [1.165, 1.54) is 5.56 Å². The first-order valence-corrected chi connectivity index (χ1v) is 10.9. The summed E-state index contributed by atoms with van der Waals surface area (Å²) in [5.41, 5.74) is 4.99. The van der Waals surface area contributed by atoms with Gasteiger partial charge in [-0.1, -0.05) is 42.5 Å². The lowest BCUT2D eigenvalue weighted by atomic mass is 9.91. The normalized spacial score (nSPS) is 16.7. The molecule has 0 fully saturated rings. The Morgan fingerprint density at radius 3 is 2.90 bits per heavy atom. The van der Waals surface area contributed by atoms with Crippen molar-refractivity contribution in [1.82, 2.24) is 10.2 Å². The fraction of sp³-hybridized carbons (Fsp3) is 0.385. The average molecular weight is 418 g/mol. The van der Waals surface area contributed by atoms with Gasteiger partial charge in [0, 0.05) is 19.1 Å². The molecule has 0 saturated carbocycles. The number of benzene rings is 2. The van der Waals surface area contributed by atoms with Gasteiger partial charge in [-0.25, -0.2) is 4.79 Å². The third-order valence-corrected chi connectivity index (χ3v) is 5.90. The summed E-state index contributed by atoms with van der Waals surface area (Å²) in [6.07, 6.45) is 4.54. The number of carbonyl (C=O) groups excluding carboxylic acids is 1. The molecule has 0 aromatic heterocycles. The summed E-state index contributed by atoms with van der Waals surface area (Å²) in [6.45, 7) is 7.41. The van der Waals surface area contributed by atoms with E-state index in [-0.39, 0.29) is 12.0 Å². The Bertz CT molecular complexity index is 963. The molecular formula is C26H31N3O2. The van der Waals surface area contributed by atoms with E-state index < -0.39 is 6.04 Å². The molecule has 2 aromatic carbocycles. The molecule has 0 spiro atoms. The average Bonchev–Trinajstić information content (AvgIpc) is 2.79. The summed E-state index contributed by atoms with van der Waals surface area (Å²) in [4.78, 5) is 15.1. The highest BCUT2D eigenvalue weighted by molar-refractivity contribution is 5.78. The monoisotopic (exact) mass is 417 g/mol. The molecule has 1 N–H and O–H groups in total. The first kappa shape index (κ1) is 22.7. The number of carbonyl (C=O) groups is 1. The van der Waals surface area contributed by atoms with E-state index in [2.05, 4.69) is 35.0 Å². The number of fused-ring (bicyclic) bond motifs is 1. The van der Waals surface area contributed by atoms with Gasteiger partial charge in [0.1, 0.15) is 6.04 Å². The number of hydrogen-bond acceptors (Lipinski definition) is 5. The summed E-state index contributed by atoms with van der Waals surface area (Å²) >= 11 is 0. The molecule has 0 aliphatic carbocycles. The number of esters is 1. The summed E-state index contributed by atoms with van der Waals surface area (Å²) in [6, 6.07) is 16.1. The quantitative estimate of drug-likeness (QED) is 0.482. The summed E-state index contributed by atoms with van der Waals surface area (Å²) in [5, 5.41) is 12.9. The molecule has 2 aromatic rings. The Morgan fingerprint density at radius 1 is 1.39 bits per heavy atom. The molecule has 5 nitrogen and oxygen atoms in total. The maximum Gasteiger partial charge on any atom is 0.328 e. The van der Waals surface area contributed by atoms with Crippen LogP contribution in [0.4, 0.5) is 0 Å². The van der Waals surface area contributed by atoms with Crippen molar-refractivity contribution in [3.05, 3.63) is 82.9 Å². The van der Waals surface area contributed by atoms with Crippen molar-refractivity contribution < 1.29 is 9.53 Å². The van der Waals surface area contributed by atoms with Crippen LogP contribution in [0, 0.1) is 11.3 Å². The number of nitrogens with one attached hydrogen (secondary N) is 1. The first-order chi connectivity index (χ1) is 15.1. The van der Waals surface area contributed by atoms with Gasteiger partial charge in [-0.3, -0.25) is 4.90 Å². The van der Waals surface area contributed by atoms with Crippen LogP contribution in [0.5, 0.6) is 0 Å². The van der Waals surface area contributed by atoms with Gasteiger partial charge in [0.15, 0.2) is 0 Å².